The van der Waals surface area contributed by atoms with Crippen molar-refractivity contribution in [3.63, 3.8) is 0 Å². The van der Waals surface area contributed by atoms with Crippen LogP contribution in [0.2, 0.25) is 0 Å². The summed E-state index contributed by atoms with van der Waals surface area (Å²) in [7, 11) is 0. The van der Waals surface area contributed by atoms with Crippen LogP contribution in [0.5, 0.6) is 0 Å². The molecule has 1 aliphatic rings. The number of hydrogen-bond acceptors (Lipinski definition) is 5. The molecule has 0 saturated heterocycles. The van der Waals surface area contributed by atoms with E-state index in [1.807, 2.05) is 0 Å². The van der Waals surface area contributed by atoms with Gasteiger partial charge in [0.1, 0.15) is 0 Å². The number of carbonyl (C=O) groups is 4. The molecule has 1 unspecified atom stereocenters. The lowest BCUT2D eigenvalue weighted by molar-refractivity contribution is -0.139. The van der Waals surface area contributed by atoms with Gasteiger partial charge in [-0.15, -0.1) is 0 Å². The fraction of sp³-hybridized carbons (Fsp3) is 0.111. The highest BCUT2D eigenvalue weighted by atomic mass is 16.2. The molecule has 0 fully saturated rings. The van der Waals surface area contributed by atoms with Gasteiger partial charge in [-0.25, -0.2) is 10.9 Å². The Bertz CT molecular complexity index is 815. The van der Waals surface area contributed by atoms with Crippen LogP contribution in [0.4, 0.5) is 0 Å². The number of benzene rings is 2. The lowest BCUT2D eigenvalue weighted by atomic mass is 9.97. The van der Waals surface area contributed by atoms with E-state index in [9.17, 15) is 19.2 Å². The van der Waals surface area contributed by atoms with Crippen LogP contribution in [0.1, 0.15) is 32.2 Å². The summed E-state index contributed by atoms with van der Waals surface area (Å²) in [5.74, 6) is 2.84. The quantitative estimate of drug-likeness (QED) is 0.287. The second kappa shape index (κ2) is 6.66. The third-order valence-corrected chi connectivity index (χ3v) is 4.11. The number of rotatable bonds is 5. The average molecular weight is 337 g/mol. The molecule has 1 heterocycles. The van der Waals surface area contributed by atoms with Crippen molar-refractivity contribution >= 4 is 24.1 Å². The smallest absolute Gasteiger partial charge is 0.261 e. The number of nitrogens with zero attached hydrogens (tertiary/aromatic N) is 2. The molecule has 0 aliphatic carbocycles. The van der Waals surface area contributed by atoms with Crippen LogP contribution < -0.4 is 5.84 Å². The van der Waals surface area contributed by atoms with E-state index in [4.69, 9.17) is 5.84 Å². The van der Waals surface area contributed by atoms with Gasteiger partial charge in [-0.2, -0.15) is 0 Å². The first-order valence-electron chi connectivity index (χ1n) is 7.58. The minimum atomic E-state index is -0.932. The van der Waals surface area contributed by atoms with Crippen LogP contribution >= 0.6 is 0 Å². The van der Waals surface area contributed by atoms with Crippen LogP contribution in [0.25, 0.3) is 0 Å². The third-order valence-electron chi connectivity index (χ3n) is 4.11. The van der Waals surface area contributed by atoms with Gasteiger partial charge in [0, 0.05) is 6.54 Å². The van der Waals surface area contributed by atoms with E-state index in [0.717, 1.165) is 4.90 Å². The van der Waals surface area contributed by atoms with Crippen LogP contribution in [0, 0.1) is 0 Å². The van der Waals surface area contributed by atoms with E-state index in [1.54, 1.807) is 54.6 Å². The summed E-state index contributed by atoms with van der Waals surface area (Å²) >= 11 is 0. The van der Waals surface area contributed by atoms with Crippen molar-refractivity contribution in [1.82, 2.24) is 9.91 Å². The second-order valence-corrected chi connectivity index (χ2v) is 5.58. The molecule has 1 atom stereocenters. The molecule has 7 nitrogen and oxygen atoms in total. The van der Waals surface area contributed by atoms with Gasteiger partial charge >= 0.3 is 0 Å². The van der Waals surface area contributed by atoms with E-state index >= 15 is 0 Å². The molecule has 2 aromatic rings. The van der Waals surface area contributed by atoms with Gasteiger partial charge in [-0.3, -0.25) is 24.1 Å². The first kappa shape index (κ1) is 16.5. The summed E-state index contributed by atoms with van der Waals surface area (Å²) in [4.78, 5) is 49.4. The predicted octanol–water partition coefficient (Wildman–Crippen LogP) is 0.925. The SMILES string of the molecule is NN(C=O)C(=O)C(CN1C(=O)c2ccccc2C1=O)c1ccccc1. The molecule has 25 heavy (non-hydrogen) atoms. The molecule has 0 radical (unpaired) electrons. The lowest BCUT2D eigenvalue weighted by Gasteiger charge is -2.24. The highest BCUT2D eigenvalue weighted by molar-refractivity contribution is 6.21. The fourth-order valence-electron chi connectivity index (χ4n) is 2.83. The topological polar surface area (TPSA) is 101 Å². The van der Waals surface area contributed by atoms with Gasteiger partial charge in [-0.1, -0.05) is 42.5 Å². The zero-order valence-corrected chi connectivity index (χ0v) is 13.2. The molecule has 126 valence electrons. The van der Waals surface area contributed by atoms with E-state index in [0.29, 0.717) is 21.7 Å². The Hall–Kier alpha value is -3.32. The van der Waals surface area contributed by atoms with Crippen LogP contribution in [-0.2, 0) is 9.59 Å². The first-order chi connectivity index (χ1) is 12.0. The van der Waals surface area contributed by atoms with Gasteiger partial charge in [-0.05, 0) is 17.7 Å². The van der Waals surface area contributed by atoms with Gasteiger partial charge in [0.05, 0.1) is 17.0 Å². The Balaban J connectivity index is 1.94. The van der Waals surface area contributed by atoms with Crippen molar-refractivity contribution in [3.05, 3.63) is 71.3 Å². The highest BCUT2D eigenvalue weighted by Crippen LogP contribution is 2.27. The van der Waals surface area contributed by atoms with Gasteiger partial charge < -0.3 is 0 Å². The number of fused-ring (bicyclic) bond motifs is 1. The largest absolute Gasteiger partial charge is 0.277 e. The molecule has 7 heteroatoms. The normalized spacial score (nSPS) is 14.2. The molecule has 3 rings (SSSR count). The van der Waals surface area contributed by atoms with Gasteiger partial charge in [0.15, 0.2) is 0 Å². The molecule has 0 saturated carbocycles. The lowest BCUT2D eigenvalue weighted by Crippen LogP contribution is -2.44. The summed E-state index contributed by atoms with van der Waals surface area (Å²) in [5, 5.41) is 0.426. The van der Waals surface area contributed by atoms with Crippen molar-refractivity contribution in [3.8, 4) is 0 Å². The summed E-state index contributed by atoms with van der Waals surface area (Å²) in [6.45, 7) is -0.198. The summed E-state index contributed by atoms with van der Waals surface area (Å²) < 4.78 is 0. The molecule has 0 aromatic heterocycles. The summed E-state index contributed by atoms with van der Waals surface area (Å²) in [6.07, 6.45) is 0.195. The second-order valence-electron chi connectivity index (χ2n) is 5.58. The third kappa shape index (κ3) is 2.92. The number of nitrogens with two attached hydrogens (primary N) is 1. The summed E-state index contributed by atoms with van der Waals surface area (Å²) in [6, 6.07) is 15.0. The van der Waals surface area contributed by atoms with Crippen molar-refractivity contribution in [2.75, 3.05) is 6.54 Å². The first-order valence-corrected chi connectivity index (χ1v) is 7.58. The summed E-state index contributed by atoms with van der Waals surface area (Å²) in [5.41, 5.74) is 1.15. The molecule has 4 amide bonds. The number of imide groups is 2. The van der Waals surface area contributed by atoms with Gasteiger partial charge in [0.25, 0.3) is 17.7 Å². The maximum atomic E-state index is 12.5. The number of carbonyl (C=O) groups excluding carboxylic acids is 4. The minimum absolute atomic E-state index is 0.195. The zero-order chi connectivity index (χ0) is 18.0. The standard InChI is InChI=1S/C18H15N3O4/c19-21(11-22)18(25)15(12-6-2-1-3-7-12)10-20-16(23)13-8-4-5-9-14(13)17(20)24/h1-9,11,15H,10,19H2. The van der Waals surface area contributed by atoms with E-state index < -0.39 is 23.6 Å². The molecule has 2 N–H and O–H groups in total. The zero-order valence-electron chi connectivity index (χ0n) is 13.2. The Kier molecular flexibility index (Phi) is 4.40. The molecule has 0 spiro atoms. The Morgan fingerprint density at radius 3 is 2.04 bits per heavy atom. The highest BCUT2D eigenvalue weighted by Gasteiger charge is 2.38. The van der Waals surface area contributed by atoms with E-state index in [-0.39, 0.29) is 13.0 Å². The Morgan fingerprint density at radius 1 is 1.00 bits per heavy atom. The van der Waals surface area contributed by atoms with E-state index in [2.05, 4.69) is 0 Å². The van der Waals surface area contributed by atoms with Crippen molar-refractivity contribution in [2.24, 2.45) is 5.84 Å². The number of amides is 4. The molecule has 0 bridgehead atoms. The number of hydrogen-bond donors (Lipinski definition) is 1. The predicted molar refractivity (Wildman–Crippen MR) is 88.1 cm³/mol. The van der Waals surface area contributed by atoms with Crippen molar-refractivity contribution in [1.29, 1.82) is 0 Å². The van der Waals surface area contributed by atoms with Crippen molar-refractivity contribution < 1.29 is 19.2 Å². The van der Waals surface area contributed by atoms with Gasteiger partial charge in [0.2, 0.25) is 6.41 Å². The number of hydrazine groups is 1. The Morgan fingerprint density at radius 2 is 1.52 bits per heavy atom. The fourth-order valence-corrected chi connectivity index (χ4v) is 2.83. The minimum Gasteiger partial charge on any atom is -0.277 e. The monoisotopic (exact) mass is 337 g/mol. The average Bonchev–Trinajstić information content (AvgIpc) is 2.90. The van der Waals surface area contributed by atoms with Crippen LogP contribution in [-0.4, -0.2) is 40.6 Å². The molecular formula is C18H15N3O4. The maximum absolute atomic E-state index is 12.5. The van der Waals surface area contributed by atoms with Crippen LogP contribution in [0.3, 0.4) is 0 Å². The maximum Gasteiger partial charge on any atom is 0.261 e. The molecule has 2 aromatic carbocycles. The van der Waals surface area contributed by atoms with Crippen LogP contribution in [0.15, 0.2) is 54.6 Å². The molecular weight excluding hydrogens is 322 g/mol. The molecule has 1 aliphatic heterocycles. The van der Waals surface area contributed by atoms with E-state index in [1.165, 1.54) is 0 Å². The van der Waals surface area contributed by atoms with Crippen molar-refractivity contribution in [2.45, 2.75) is 5.92 Å². The Labute approximate surface area is 143 Å².